The molecule has 5 nitrogen and oxygen atoms in total. The first-order valence-corrected chi connectivity index (χ1v) is 6.28. The summed E-state index contributed by atoms with van der Waals surface area (Å²) in [5.74, 6) is -0.927. The monoisotopic (exact) mass is 250 g/mol. The van der Waals surface area contributed by atoms with Gasteiger partial charge < -0.3 is 0 Å². The molecule has 0 radical (unpaired) electrons. The fourth-order valence-electron chi connectivity index (χ4n) is 2.27. The SMILES string of the molecule is CC1(C)C(=O)NC(=O)N(CCC2=CCCC2)C1=O. The minimum absolute atomic E-state index is 0.354. The summed E-state index contributed by atoms with van der Waals surface area (Å²) in [7, 11) is 0. The average molecular weight is 250 g/mol. The summed E-state index contributed by atoms with van der Waals surface area (Å²) < 4.78 is 0. The maximum absolute atomic E-state index is 12.1. The number of barbiturate groups is 1. The molecule has 1 aliphatic carbocycles. The van der Waals surface area contributed by atoms with Crippen molar-refractivity contribution in [2.75, 3.05) is 6.54 Å². The van der Waals surface area contributed by atoms with Gasteiger partial charge in [-0.3, -0.25) is 19.8 Å². The van der Waals surface area contributed by atoms with Gasteiger partial charge in [0.2, 0.25) is 11.8 Å². The molecule has 0 aromatic heterocycles. The number of rotatable bonds is 3. The van der Waals surface area contributed by atoms with Crippen LogP contribution in [0, 0.1) is 5.41 Å². The van der Waals surface area contributed by atoms with Crippen LogP contribution in [0.3, 0.4) is 0 Å². The lowest BCUT2D eigenvalue weighted by molar-refractivity contribution is -0.148. The average Bonchev–Trinajstić information content (AvgIpc) is 2.80. The van der Waals surface area contributed by atoms with E-state index in [1.165, 1.54) is 5.57 Å². The molecule has 2 aliphatic rings. The number of hydrogen-bond donors (Lipinski definition) is 1. The predicted molar refractivity (Wildman–Crippen MR) is 65.6 cm³/mol. The highest BCUT2D eigenvalue weighted by atomic mass is 16.2. The van der Waals surface area contributed by atoms with Crippen LogP contribution in [0.2, 0.25) is 0 Å². The number of carbonyl (C=O) groups is 3. The highest BCUT2D eigenvalue weighted by Gasteiger charge is 2.46. The largest absolute Gasteiger partial charge is 0.330 e. The number of hydrogen-bond acceptors (Lipinski definition) is 3. The number of nitrogens with one attached hydrogen (secondary N) is 1. The van der Waals surface area contributed by atoms with Gasteiger partial charge in [-0.15, -0.1) is 0 Å². The van der Waals surface area contributed by atoms with Crippen molar-refractivity contribution in [2.45, 2.75) is 39.5 Å². The van der Waals surface area contributed by atoms with E-state index in [-0.39, 0.29) is 0 Å². The van der Waals surface area contributed by atoms with Crippen molar-refractivity contribution >= 4 is 17.8 Å². The molecule has 18 heavy (non-hydrogen) atoms. The zero-order valence-electron chi connectivity index (χ0n) is 10.8. The van der Waals surface area contributed by atoms with E-state index in [0.717, 1.165) is 24.2 Å². The Morgan fingerprint density at radius 2 is 2.06 bits per heavy atom. The number of imide groups is 2. The zero-order chi connectivity index (χ0) is 13.3. The standard InChI is InChI=1S/C13H18N2O3/c1-13(2)10(16)14-12(18)15(11(13)17)8-7-9-5-3-4-6-9/h5H,3-4,6-8H2,1-2H3,(H,14,16,18). The first-order valence-electron chi connectivity index (χ1n) is 6.28. The third-order valence-corrected chi connectivity index (χ3v) is 3.60. The molecular weight excluding hydrogens is 232 g/mol. The summed E-state index contributed by atoms with van der Waals surface area (Å²) >= 11 is 0. The van der Waals surface area contributed by atoms with Crippen molar-refractivity contribution in [3.05, 3.63) is 11.6 Å². The van der Waals surface area contributed by atoms with Gasteiger partial charge in [-0.05, 0) is 39.5 Å². The first-order chi connectivity index (χ1) is 8.43. The zero-order valence-corrected chi connectivity index (χ0v) is 10.8. The second kappa shape index (κ2) is 4.55. The third kappa shape index (κ3) is 2.17. The summed E-state index contributed by atoms with van der Waals surface area (Å²) in [6, 6.07) is -0.595. The minimum Gasteiger partial charge on any atom is -0.277 e. The van der Waals surface area contributed by atoms with E-state index in [9.17, 15) is 14.4 Å². The predicted octanol–water partition coefficient (Wildman–Crippen LogP) is 1.59. The van der Waals surface area contributed by atoms with Crippen LogP contribution in [-0.2, 0) is 9.59 Å². The molecule has 1 heterocycles. The summed E-state index contributed by atoms with van der Waals surface area (Å²) in [6.07, 6.45) is 6.16. The van der Waals surface area contributed by atoms with E-state index >= 15 is 0 Å². The lowest BCUT2D eigenvalue weighted by Crippen LogP contribution is -2.61. The molecule has 0 saturated carbocycles. The van der Waals surface area contributed by atoms with E-state index in [2.05, 4.69) is 11.4 Å². The topological polar surface area (TPSA) is 66.5 Å². The highest BCUT2D eigenvalue weighted by molar-refractivity contribution is 6.18. The Bertz CT molecular complexity index is 438. The molecule has 1 N–H and O–H groups in total. The Hall–Kier alpha value is -1.65. The van der Waals surface area contributed by atoms with Crippen LogP contribution in [0.5, 0.6) is 0 Å². The maximum Gasteiger partial charge on any atom is 0.330 e. The summed E-state index contributed by atoms with van der Waals surface area (Å²) in [6.45, 7) is 3.44. The smallest absolute Gasteiger partial charge is 0.277 e. The van der Waals surface area contributed by atoms with Crippen molar-refractivity contribution < 1.29 is 14.4 Å². The van der Waals surface area contributed by atoms with Crippen LogP contribution in [0.15, 0.2) is 11.6 Å². The second-order valence-corrected chi connectivity index (χ2v) is 5.35. The Kier molecular flexibility index (Phi) is 3.24. The Labute approximate surface area is 106 Å². The molecule has 0 unspecified atom stereocenters. The number of urea groups is 1. The normalized spacial score (nSPS) is 23.1. The van der Waals surface area contributed by atoms with Crippen LogP contribution in [-0.4, -0.2) is 29.3 Å². The molecule has 0 spiro atoms. The first kappa shape index (κ1) is 12.8. The molecule has 0 atom stereocenters. The molecule has 98 valence electrons. The molecule has 0 aromatic rings. The van der Waals surface area contributed by atoms with Crippen LogP contribution < -0.4 is 5.32 Å². The summed E-state index contributed by atoms with van der Waals surface area (Å²) in [4.78, 5) is 36.5. The fraction of sp³-hybridized carbons (Fsp3) is 0.615. The molecule has 0 bridgehead atoms. The van der Waals surface area contributed by atoms with Crippen LogP contribution in [0.1, 0.15) is 39.5 Å². The lowest BCUT2D eigenvalue weighted by Gasteiger charge is -2.34. The Morgan fingerprint density at radius 1 is 1.33 bits per heavy atom. The van der Waals surface area contributed by atoms with Crippen molar-refractivity contribution in [3.8, 4) is 0 Å². The summed E-state index contributed by atoms with van der Waals surface area (Å²) in [5.41, 5.74) is 0.142. The van der Waals surface area contributed by atoms with Gasteiger partial charge >= 0.3 is 6.03 Å². The number of nitrogens with zero attached hydrogens (tertiary/aromatic N) is 1. The van der Waals surface area contributed by atoms with Gasteiger partial charge in [0.25, 0.3) is 0 Å². The van der Waals surface area contributed by atoms with Gasteiger partial charge in [0.1, 0.15) is 5.41 Å². The molecule has 4 amide bonds. The Balaban J connectivity index is 2.04. The molecule has 1 saturated heterocycles. The fourth-order valence-corrected chi connectivity index (χ4v) is 2.27. The molecule has 2 rings (SSSR count). The third-order valence-electron chi connectivity index (χ3n) is 3.60. The number of carbonyl (C=O) groups excluding carboxylic acids is 3. The van der Waals surface area contributed by atoms with Gasteiger partial charge in [0.05, 0.1) is 0 Å². The van der Waals surface area contributed by atoms with Crippen molar-refractivity contribution in [1.82, 2.24) is 10.2 Å². The van der Waals surface area contributed by atoms with E-state index in [1.54, 1.807) is 13.8 Å². The molecule has 1 fully saturated rings. The van der Waals surface area contributed by atoms with Gasteiger partial charge in [-0.1, -0.05) is 11.6 Å². The molecular formula is C13H18N2O3. The maximum atomic E-state index is 12.1. The summed E-state index contributed by atoms with van der Waals surface area (Å²) in [5, 5.41) is 2.23. The van der Waals surface area contributed by atoms with Crippen molar-refractivity contribution in [1.29, 1.82) is 0 Å². The van der Waals surface area contributed by atoms with Crippen molar-refractivity contribution in [3.63, 3.8) is 0 Å². The number of amides is 4. The quantitative estimate of drug-likeness (QED) is 0.611. The van der Waals surface area contributed by atoms with E-state index in [0.29, 0.717) is 13.0 Å². The Morgan fingerprint density at radius 3 is 2.67 bits per heavy atom. The van der Waals surface area contributed by atoms with E-state index in [1.807, 2.05) is 0 Å². The van der Waals surface area contributed by atoms with Gasteiger partial charge in [-0.2, -0.15) is 0 Å². The van der Waals surface area contributed by atoms with Gasteiger partial charge in [0.15, 0.2) is 0 Å². The van der Waals surface area contributed by atoms with Crippen LogP contribution in [0.25, 0.3) is 0 Å². The van der Waals surface area contributed by atoms with E-state index < -0.39 is 23.3 Å². The van der Waals surface area contributed by atoms with Gasteiger partial charge in [-0.25, -0.2) is 4.79 Å². The van der Waals surface area contributed by atoms with E-state index in [4.69, 9.17) is 0 Å². The van der Waals surface area contributed by atoms with Crippen molar-refractivity contribution in [2.24, 2.45) is 5.41 Å². The minimum atomic E-state index is -1.15. The number of allylic oxidation sites excluding steroid dienone is 1. The molecule has 5 heteroatoms. The second-order valence-electron chi connectivity index (χ2n) is 5.35. The van der Waals surface area contributed by atoms with Crippen LogP contribution >= 0.6 is 0 Å². The molecule has 1 aliphatic heterocycles. The van der Waals surface area contributed by atoms with Crippen LogP contribution in [0.4, 0.5) is 4.79 Å². The lowest BCUT2D eigenvalue weighted by atomic mass is 9.88. The van der Waals surface area contributed by atoms with Gasteiger partial charge in [0, 0.05) is 6.54 Å². The highest BCUT2D eigenvalue weighted by Crippen LogP contribution is 2.25. The molecule has 0 aromatic carbocycles.